The molecule has 2 rings (SSSR count). The molecule has 1 unspecified atom stereocenters. The molecule has 1 N–H and O–H groups in total. The topological polar surface area (TPSA) is 57.6 Å². The lowest BCUT2D eigenvalue weighted by molar-refractivity contribution is -0.140. The third kappa shape index (κ3) is 2.23. The number of hydrogen-bond donors (Lipinski definition) is 1. The Labute approximate surface area is 106 Å². The molecule has 18 heavy (non-hydrogen) atoms. The van der Waals surface area contributed by atoms with Crippen LogP contribution >= 0.6 is 0 Å². The van der Waals surface area contributed by atoms with Gasteiger partial charge in [0.05, 0.1) is 0 Å². The Kier molecular flexibility index (Phi) is 3.65. The highest BCUT2D eigenvalue weighted by atomic mass is 16.4. The summed E-state index contributed by atoms with van der Waals surface area (Å²) >= 11 is 0. The predicted octanol–water partition coefficient (Wildman–Crippen LogP) is 2.22. The van der Waals surface area contributed by atoms with Crippen molar-refractivity contribution in [1.29, 1.82) is 0 Å². The van der Waals surface area contributed by atoms with Gasteiger partial charge in [-0.15, -0.1) is 0 Å². The van der Waals surface area contributed by atoms with Gasteiger partial charge < -0.3 is 5.11 Å². The van der Waals surface area contributed by atoms with Crippen molar-refractivity contribution in [3.05, 3.63) is 29.8 Å². The summed E-state index contributed by atoms with van der Waals surface area (Å²) in [5.41, 5.74) is 1.82. The first-order chi connectivity index (χ1) is 8.65. The lowest BCUT2D eigenvalue weighted by atomic mass is 10.1. The van der Waals surface area contributed by atoms with Gasteiger partial charge in [-0.3, -0.25) is 9.69 Å². The Balaban J connectivity index is 2.48. The normalized spacial score (nSPS) is 16.9. The molecular formula is C14H17NO3. The zero-order valence-corrected chi connectivity index (χ0v) is 10.4. The lowest BCUT2D eigenvalue weighted by Crippen LogP contribution is -2.44. The Morgan fingerprint density at radius 1 is 1.39 bits per heavy atom. The van der Waals surface area contributed by atoms with E-state index in [1.54, 1.807) is 6.92 Å². The molecule has 0 bridgehead atoms. The Hall–Kier alpha value is -1.84. The van der Waals surface area contributed by atoms with Crippen LogP contribution in [-0.2, 0) is 16.0 Å². The van der Waals surface area contributed by atoms with Gasteiger partial charge in [-0.05, 0) is 30.9 Å². The number of amides is 1. The minimum atomic E-state index is -0.942. The highest BCUT2D eigenvalue weighted by Crippen LogP contribution is 2.29. The maximum atomic E-state index is 12.1. The van der Waals surface area contributed by atoms with Gasteiger partial charge in [-0.1, -0.05) is 25.1 Å². The molecule has 4 nitrogen and oxygen atoms in total. The number of aryl methyl sites for hydroxylation is 1. The second-order valence-electron chi connectivity index (χ2n) is 4.51. The van der Waals surface area contributed by atoms with Crippen molar-refractivity contribution in [3.63, 3.8) is 0 Å². The summed E-state index contributed by atoms with van der Waals surface area (Å²) in [6, 6.07) is 6.81. The summed E-state index contributed by atoms with van der Waals surface area (Å²) < 4.78 is 0. The van der Waals surface area contributed by atoms with Crippen LogP contribution < -0.4 is 4.90 Å². The smallest absolute Gasteiger partial charge is 0.326 e. The number of carboxylic acids is 1. The fourth-order valence-electron chi connectivity index (χ4n) is 2.45. The van der Waals surface area contributed by atoms with Gasteiger partial charge in [0.2, 0.25) is 5.91 Å². The standard InChI is InChI=1S/C14H17NO3/c1-2-11(14(17)18)15-12-8-4-3-6-10(12)7-5-9-13(15)16/h3-4,6,8,11H,2,5,7,9H2,1H3,(H,17,18). The summed E-state index contributed by atoms with van der Waals surface area (Å²) in [6.45, 7) is 1.79. The van der Waals surface area contributed by atoms with Crippen molar-refractivity contribution >= 4 is 17.6 Å². The molecule has 1 aliphatic rings. The number of carboxylic acid groups (broad SMARTS) is 1. The average Bonchev–Trinajstić information content (AvgIpc) is 2.50. The average molecular weight is 247 g/mol. The SMILES string of the molecule is CCC(C(=O)O)N1C(=O)CCCc2ccccc21. The van der Waals surface area contributed by atoms with Crippen molar-refractivity contribution in [2.75, 3.05) is 4.90 Å². The van der Waals surface area contributed by atoms with Crippen molar-refractivity contribution in [2.24, 2.45) is 0 Å². The van der Waals surface area contributed by atoms with Gasteiger partial charge in [-0.2, -0.15) is 0 Å². The fourth-order valence-corrected chi connectivity index (χ4v) is 2.45. The van der Waals surface area contributed by atoms with Crippen LogP contribution in [0, 0.1) is 0 Å². The van der Waals surface area contributed by atoms with Crippen LogP contribution in [0.1, 0.15) is 31.7 Å². The molecule has 4 heteroatoms. The molecule has 1 aromatic rings. The summed E-state index contributed by atoms with van der Waals surface area (Å²) in [7, 11) is 0. The minimum absolute atomic E-state index is 0.0887. The second-order valence-corrected chi connectivity index (χ2v) is 4.51. The molecule has 0 aliphatic carbocycles. The number of anilines is 1. The van der Waals surface area contributed by atoms with E-state index in [1.807, 2.05) is 24.3 Å². The number of para-hydroxylation sites is 1. The van der Waals surface area contributed by atoms with E-state index < -0.39 is 12.0 Å². The van der Waals surface area contributed by atoms with Crippen LogP contribution in [0.5, 0.6) is 0 Å². The number of rotatable bonds is 3. The first-order valence-electron chi connectivity index (χ1n) is 6.28. The predicted molar refractivity (Wildman–Crippen MR) is 68.6 cm³/mol. The van der Waals surface area contributed by atoms with Crippen molar-refractivity contribution < 1.29 is 14.7 Å². The van der Waals surface area contributed by atoms with E-state index in [2.05, 4.69) is 0 Å². The van der Waals surface area contributed by atoms with Crippen LogP contribution in [0.25, 0.3) is 0 Å². The van der Waals surface area contributed by atoms with E-state index in [4.69, 9.17) is 0 Å². The number of aliphatic carboxylic acids is 1. The zero-order valence-electron chi connectivity index (χ0n) is 10.4. The van der Waals surface area contributed by atoms with E-state index in [0.29, 0.717) is 12.8 Å². The van der Waals surface area contributed by atoms with E-state index in [1.165, 1.54) is 4.90 Å². The summed E-state index contributed by atoms with van der Waals surface area (Å²) in [5, 5.41) is 9.27. The number of hydrogen-bond acceptors (Lipinski definition) is 2. The Bertz CT molecular complexity index is 470. The van der Waals surface area contributed by atoms with Gasteiger partial charge in [0, 0.05) is 12.1 Å². The van der Waals surface area contributed by atoms with E-state index in [-0.39, 0.29) is 5.91 Å². The molecule has 0 fully saturated rings. The quantitative estimate of drug-likeness (QED) is 0.891. The van der Waals surface area contributed by atoms with Crippen LogP contribution in [0.2, 0.25) is 0 Å². The second kappa shape index (κ2) is 5.21. The maximum Gasteiger partial charge on any atom is 0.326 e. The molecular weight excluding hydrogens is 230 g/mol. The zero-order chi connectivity index (χ0) is 13.1. The number of carbonyl (C=O) groups is 2. The Morgan fingerprint density at radius 3 is 2.78 bits per heavy atom. The van der Waals surface area contributed by atoms with Crippen LogP contribution in [0.3, 0.4) is 0 Å². The highest BCUT2D eigenvalue weighted by Gasteiger charge is 2.31. The molecule has 1 aromatic carbocycles. The first kappa shape index (κ1) is 12.6. The van der Waals surface area contributed by atoms with Gasteiger partial charge in [0.25, 0.3) is 0 Å². The minimum Gasteiger partial charge on any atom is -0.480 e. The third-order valence-corrected chi connectivity index (χ3v) is 3.34. The molecule has 0 aromatic heterocycles. The summed E-state index contributed by atoms with van der Waals surface area (Å²) in [5.74, 6) is -1.03. The lowest BCUT2D eigenvalue weighted by Gasteiger charge is -2.28. The molecule has 0 radical (unpaired) electrons. The van der Waals surface area contributed by atoms with Gasteiger partial charge in [0.1, 0.15) is 6.04 Å². The summed E-state index contributed by atoms with van der Waals surface area (Å²) in [6.07, 6.45) is 2.44. The third-order valence-electron chi connectivity index (χ3n) is 3.34. The molecule has 0 saturated carbocycles. The van der Waals surface area contributed by atoms with Crippen LogP contribution in [0.15, 0.2) is 24.3 Å². The summed E-state index contributed by atoms with van der Waals surface area (Å²) in [4.78, 5) is 24.9. The first-order valence-corrected chi connectivity index (χ1v) is 6.28. The van der Waals surface area contributed by atoms with Gasteiger partial charge in [0.15, 0.2) is 0 Å². The van der Waals surface area contributed by atoms with Crippen molar-refractivity contribution in [2.45, 2.75) is 38.6 Å². The van der Waals surface area contributed by atoms with Gasteiger partial charge in [-0.25, -0.2) is 4.79 Å². The molecule has 0 spiro atoms. The van der Waals surface area contributed by atoms with Crippen molar-refractivity contribution in [1.82, 2.24) is 0 Å². The number of nitrogens with zero attached hydrogens (tertiary/aromatic N) is 1. The molecule has 1 heterocycles. The van der Waals surface area contributed by atoms with Crippen LogP contribution in [-0.4, -0.2) is 23.0 Å². The van der Waals surface area contributed by atoms with Crippen LogP contribution in [0.4, 0.5) is 5.69 Å². The molecule has 1 aliphatic heterocycles. The van der Waals surface area contributed by atoms with E-state index in [9.17, 15) is 14.7 Å². The molecule has 1 amide bonds. The largest absolute Gasteiger partial charge is 0.480 e. The number of carbonyl (C=O) groups excluding carboxylic acids is 1. The maximum absolute atomic E-state index is 12.1. The molecule has 96 valence electrons. The van der Waals surface area contributed by atoms with Gasteiger partial charge >= 0.3 is 5.97 Å². The Morgan fingerprint density at radius 2 is 2.11 bits per heavy atom. The van der Waals surface area contributed by atoms with E-state index >= 15 is 0 Å². The monoisotopic (exact) mass is 247 g/mol. The highest BCUT2D eigenvalue weighted by molar-refractivity contribution is 6.00. The van der Waals surface area contributed by atoms with Crippen molar-refractivity contribution in [3.8, 4) is 0 Å². The number of benzene rings is 1. The molecule has 1 atom stereocenters. The molecule has 0 saturated heterocycles. The number of fused-ring (bicyclic) bond motifs is 1. The fraction of sp³-hybridized carbons (Fsp3) is 0.429. The van der Waals surface area contributed by atoms with E-state index in [0.717, 1.165) is 24.1 Å².